The van der Waals surface area contributed by atoms with Crippen LogP contribution < -0.4 is 10.5 Å². The van der Waals surface area contributed by atoms with Gasteiger partial charge < -0.3 is 4.90 Å². The lowest BCUT2D eigenvalue weighted by Crippen LogP contribution is -2.39. The molecule has 1 fully saturated rings. The first-order valence-corrected chi connectivity index (χ1v) is 10.3. The van der Waals surface area contributed by atoms with Crippen molar-refractivity contribution < 1.29 is 0 Å². The second-order valence-electron chi connectivity index (χ2n) is 7.72. The summed E-state index contributed by atoms with van der Waals surface area (Å²) >= 11 is 12.1. The molecule has 27 heavy (non-hydrogen) atoms. The maximum atomic E-state index is 12.6. The standard InChI is InChI=1S/C20H24Cl2N4O/c1-13-3-2-7-26(10-13)20-23-18-12-25(8-6-15(18)19(27)24-20)11-14-4-5-16(21)17(22)9-14/h4-5,9,13H,2-3,6-8,10-12H2,1H3,(H,23,24,27)/t13-/m1/s1. The topological polar surface area (TPSA) is 52.2 Å². The van der Waals surface area contributed by atoms with Crippen LogP contribution in [0.5, 0.6) is 0 Å². The molecule has 0 bridgehead atoms. The number of hydrogen-bond donors (Lipinski definition) is 1. The van der Waals surface area contributed by atoms with E-state index in [1.54, 1.807) is 0 Å². The van der Waals surface area contributed by atoms with Crippen LogP contribution in [0, 0.1) is 5.92 Å². The Labute approximate surface area is 169 Å². The summed E-state index contributed by atoms with van der Waals surface area (Å²) in [5.74, 6) is 1.35. The minimum absolute atomic E-state index is 0.0161. The van der Waals surface area contributed by atoms with E-state index < -0.39 is 0 Å². The van der Waals surface area contributed by atoms with Crippen molar-refractivity contribution >= 4 is 29.2 Å². The van der Waals surface area contributed by atoms with Crippen molar-refractivity contribution in [3.05, 3.63) is 55.4 Å². The van der Waals surface area contributed by atoms with Gasteiger partial charge in [0.05, 0.1) is 15.7 Å². The first kappa shape index (κ1) is 18.8. The number of nitrogens with one attached hydrogen (secondary N) is 1. The second kappa shape index (κ2) is 7.82. The van der Waals surface area contributed by atoms with Crippen LogP contribution in [-0.4, -0.2) is 34.5 Å². The fourth-order valence-corrected chi connectivity index (χ4v) is 4.36. The van der Waals surface area contributed by atoms with E-state index in [0.717, 1.165) is 61.8 Å². The predicted octanol–water partition coefficient (Wildman–Crippen LogP) is 3.87. The molecule has 0 aliphatic carbocycles. The summed E-state index contributed by atoms with van der Waals surface area (Å²) in [4.78, 5) is 25.0. The highest BCUT2D eigenvalue weighted by molar-refractivity contribution is 6.42. The first-order chi connectivity index (χ1) is 13.0. The van der Waals surface area contributed by atoms with Crippen LogP contribution in [0.3, 0.4) is 0 Å². The van der Waals surface area contributed by atoms with Gasteiger partial charge in [-0.1, -0.05) is 36.2 Å². The minimum atomic E-state index is 0.0161. The van der Waals surface area contributed by atoms with E-state index in [4.69, 9.17) is 28.2 Å². The molecule has 1 aromatic carbocycles. The van der Waals surface area contributed by atoms with E-state index in [-0.39, 0.29) is 5.56 Å². The molecule has 7 heteroatoms. The highest BCUT2D eigenvalue weighted by atomic mass is 35.5. The monoisotopic (exact) mass is 406 g/mol. The van der Waals surface area contributed by atoms with Gasteiger partial charge in [-0.2, -0.15) is 0 Å². The molecule has 1 aromatic heterocycles. The number of halogens is 2. The Bertz CT molecular complexity index is 898. The van der Waals surface area contributed by atoms with Gasteiger partial charge in [0.2, 0.25) is 5.95 Å². The number of nitrogens with zero attached hydrogens (tertiary/aromatic N) is 3. The Hall–Kier alpha value is -1.56. The number of aromatic amines is 1. The number of H-pyrrole nitrogens is 1. The van der Waals surface area contributed by atoms with Gasteiger partial charge in [-0.15, -0.1) is 0 Å². The number of hydrogen-bond acceptors (Lipinski definition) is 4. The van der Waals surface area contributed by atoms with Crippen LogP contribution in [0.2, 0.25) is 10.0 Å². The van der Waals surface area contributed by atoms with Crippen molar-refractivity contribution in [2.24, 2.45) is 5.92 Å². The van der Waals surface area contributed by atoms with E-state index in [0.29, 0.717) is 22.5 Å². The molecule has 1 saturated heterocycles. The molecule has 0 radical (unpaired) electrons. The Kier molecular flexibility index (Phi) is 5.44. The first-order valence-electron chi connectivity index (χ1n) is 9.53. The molecule has 2 aromatic rings. The van der Waals surface area contributed by atoms with Crippen LogP contribution in [-0.2, 0) is 19.5 Å². The third-order valence-electron chi connectivity index (χ3n) is 5.49. The van der Waals surface area contributed by atoms with E-state index in [1.165, 1.54) is 6.42 Å². The Balaban J connectivity index is 1.54. The Morgan fingerprint density at radius 1 is 1.26 bits per heavy atom. The van der Waals surface area contributed by atoms with Crippen molar-refractivity contribution in [3.63, 3.8) is 0 Å². The number of fused-ring (bicyclic) bond motifs is 1. The highest BCUT2D eigenvalue weighted by Gasteiger charge is 2.24. The second-order valence-corrected chi connectivity index (χ2v) is 8.53. The Morgan fingerprint density at radius 2 is 2.11 bits per heavy atom. The number of piperidine rings is 1. The zero-order valence-corrected chi connectivity index (χ0v) is 17.0. The molecule has 1 atom stereocenters. The summed E-state index contributed by atoms with van der Waals surface area (Å²) < 4.78 is 0. The van der Waals surface area contributed by atoms with Crippen molar-refractivity contribution in [1.29, 1.82) is 0 Å². The zero-order chi connectivity index (χ0) is 19.0. The maximum absolute atomic E-state index is 12.6. The molecule has 0 unspecified atom stereocenters. The fraction of sp³-hybridized carbons (Fsp3) is 0.500. The van der Waals surface area contributed by atoms with E-state index in [9.17, 15) is 4.79 Å². The normalized spacial score (nSPS) is 20.6. The molecule has 5 nitrogen and oxygen atoms in total. The third-order valence-corrected chi connectivity index (χ3v) is 6.23. The van der Waals surface area contributed by atoms with Gasteiger partial charge in [-0.3, -0.25) is 14.7 Å². The summed E-state index contributed by atoms with van der Waals surface area (Å²) in [7, 11) is 0. The van der Waals surface area contributed by atoms with Crippen LogP contribution in [0.4, 0.5) is 5.95 Å². The van der Waals surface area contributed by atoms with E-state index in [2.05, 4.69) is 21.7 Å². The van der Waals surface area contributed by atoms with Crippen LogP contribution in [0.25, 0.3) is 0 Å². The van der Waals surface area contributed by atoms with Crippen LogP contribution in [0.15, 0.2) is 23.0 Å². The molecule has 4 rings (SSSR count). The number of benzene rings is 1. The van der Waals surface area contributed by atoms with Gasteiger partial charge in [0, 0.05) is 38.3 Å². The predicted molar refractivity (Wildman–Crippen MR) is 110 cm³/mol. The van der Waals surface area contributed by atoms with Gasteiger partial charge in [0.15, 0.2) is 0 Å². The molecule has 144 valence electrons. The molecule has 3 heterocycles. The summed E-state index contributed by atoms with van der Waals surface area (Å²) in [6.45, 7) is 6.43. The van der Waals surface area contributed by atoms with Crippen molar-refractivity contribution in [2.75, 3.05) is 24.5 Å². The SMILES string of the molecule is C[C@@H]1CCCN(c2nc3c(c(=O)[nH]2)CCN(Cc2ccc(Cl)c(Cl)c2)C3)C1. The van der Waals surface area contributed by atoms with Gasteiger partial charge in [0.25, 0.3) is 5.56 Å². The minimum Gasteiger partial charge on any atom is -0.342 e. The van der Waals surface area contributed by atoms with Crippen molar-refractivity contribution in [1.82, 2.24) is 14.9 Å². The highest BCUT2D eigenvalue weighted by Crippen LogP contribution is 2.25. The largest absolute Gasteiger partial charge is 0.342 e. The summed E-state index contributed by atoms with van der Waals surface area (Å²) in [6, 6.07) is 5.73. The third kappa shape index (κ3) is 4.15. The van der Waals surface area contributed by atoms with Crippen LogP contribution in [0.1, 0.15) is 36.6 Å². The number of rotatable bonds is 3. The van der Waals surface area contributed by atoms with Crippen LogP contribution >= 0.6 is 23.2 Å². The molecule has 0 amide bonds. The average molecular weight is 407 g/mol. The number of aromatic nitrogens is 2. The van der Waals surface area contributed by atoms with Crippen molar-refractivity contribution in [2.45, 2.75) is 39.3 Å². The lowest BCUT2D eigenvalue weighted by molar-refractivity contribution is 0.240. The van der Waals surface area contributed by atoms with Gasteiger partial charge in [0.1, 0.15) is 0 Å². The maximum Gasteiger partial charge on any atom is 0.255 e. The molecular formula is C20H24Cl2N4O. The smallest absolute Gasteiger partial charge is 0.255 e. The molecule has 1 N–H and O–H groups in total. The molecule has 2 aliphatic rings. The molecular weight excluding hydrogens is 383 g/mol. The van der Waals surface area contributed by atoms with Gasteiger partial charge >= 0.3 is 0 Å². The summed E-state index contributed by atoms with van der Waals surface area (Å²) in [6.07, 6.45) is 3.10. The fourth-order valence-electron chi connectivity index (χ4n) is 4.04. The van der Waals surface area contributed by atoms with E-state index >= 15 is 0 Å². The lowest BCUT2D eigenvalue weighted by atomic mass is 10.0. The molecule has 2 aliphatic heterocycles. The molecule has 0 spiro atoms. The summed E-state index contributed by atoms with van der Waals surface area (Å²) in [5.41, 5.74) is 2.86. The van der Waals surface area contributed by atoms with E-state index in [1.807, 2.05) is 18.2 Å². The van der Waals surface area contributed by atoms with Crippen molar-refractivity contribution in [3.8, 4) is 0 Å². The number of anilines is 1. The summed E-state index contributed by atoms with van der Waals surface area (Å²) in [5, 5.41) is 1.14. The van der Waals surface area contributed by atoms with Gasteiger partial charge in [-0.05, 0) is 42.9 Å². The molecule has 0 saturated carbocycles. The average Bonchev–Trinajstić information content (AvgIpc) is 2.64. The quantitative estimate of drug-likeness (QED) is 0.840. The lowest BCUT2D eigenvalue weighted by Gasteiger charge is -2.33. The van der Waals surface area contributed by atoms with Gasteiger partial charge in [-0.25, -0.2) is 4.98 Å². The zero-order valence-electron chi connectivity index (χ0n) is 15.5. The Morgan fingerprint density at radius 3 is 2.89 bits per heavy atom.